The molecule has 4 rings (SSSR count). The summed E-state index contributed by atoms with van der Waals surface area (Å²) < 4.78 is 33.9. The zero-order chi connectivity index (χ0) is 18.1. The Labute approximate surface area is 152 Å². The number of esters is 1. The van der Waals surface area contributed by atoms with Crippen molar-refractivity contribution in [1.29, 1.82) is 0 Å². The molecule has 0 bridgehead atoms. The number of sulfonamides is 1. The van der Waals surface area contributed by atoms with E-state index in [0.717, 1.165) is 6.42 Å². The predicted octanol–water partition coefficient (Wildman–Crippen LogP) is 2.45. The minimum Gasteiger partial charge on any atom is -0.426 e. The van der Waals surface area contributed by atoms with Crippen molar-refractivity contribution in [3.8, 4) is 5.75 Å². The SMILES string of the molecule is O=C(Oc1ccccc1)[C@@H]1CCCN(C2=NS(=O)(=O)c3ccccc32)C1. The molecule has 2 heterocycles. The molecule has 0 N–H and O–H groups in total. The average molecular weight is 370 g/mol. The van der Waals surface area contributed by atoms with Gasteiger partial charge in [0.05, 0.1) is 5.92 Å². The number of rotatable bonds is 2. The summed E-state index contributed by atoms with van der Waals surface area (Å²) >= 11 is 0. The summed E-state index contributed by atoms with van der Waals surface area (Å²) in [6.45, 7) is 1.06. The number of hydrogen-bond donors (Lipinski definition) is 0. The van der Waals surface area contributed by atoms with E-state index in [1.165, 1.54) is 0 Å². The van der Waals surface area contributed by atoms with Gasteiger partial charge in [-0.3, -0.25) is 4.79 Å². The Hall–Kier alpha value is -2.67. The van der Waals surface area contributed by atoms with Gasteiger partial charge in [-0.1, -0.05) is 30.3 Å². The summed E-state index contributed by atoms with van der Waals surface area (Å²) in [5.74, 6) is 0.330. The maximum atomic E-state index is 12.5. The van der Waals surface area contributed by atoms with Gasteiger partial charge in [-0.05, 0) is 37.1 Å². The molecule has 26 heavy (non-hydrogen) atoms. The fraction of sp³-hybridized carbons (Fsp3) is 0.263. The molecular weight excluding hydrogens is 352 g/mol. The first-order valence-electron chi connectivity index (χ1n) is 8.51. The van der Waals surface area contributed by atoms with E-state index in [0.29, 0.717) is 36.7 Å². The first-order chi connectivity index (χ1) is 12.5. The second-order valence-corrected chi connectivity index (χ2v) is 7.98. The Bertz CT molecular complexity index is 970. The predicted molar refractivity (Wildman–Crippen MR) is 96.5 cm³/mol. The number of nitrogens with zero attached hydrogens (tertiary/aromatic N) is 2. The lowest BCUT2D eigenvalue weighted by atomic mass is 9.97. The highest BCUT2D eigenvalue weighted by Crippen LogP contribution is 2.30. The molecule has 2 aromatic rings. The summed E-state index contributed by atoms with van der Waals surface area (Å²) in [6, 6.07) is 15.7. The summed E-state index contributed by atoms with van der Waals surface area (Å²) in [5.41, 5.74) is 0.601. The van der Waals surface area contributed by atoms with E-state index in [9.17, 15) is 13.2 Å². The molecule has 2 aliphatic rings. The van der Waals surface area contributed by atoms with E-state index >= 15 is 0 Å². The molecule has 0 amide bonds. The van der Waals surface area contributed by atoms with Crippen LogP contribution in [0, 0.1) is 5.92 Å². The fourth-order valence-electron chi connectivity index (χ4n) is 3.37. The molecule has 0 saturated carbocycles. The summed E-state index contributed by atoms with van der Waals surface area (Å²) in [4.78, 5) is 14.6. The highest BCUT2D eigenvalue weighted by molar-refractivity contribution is 7.90. The van der Waals surface area contributed by atoms with E-state index in [-0.39, 0.29) is 16.8 Å². The van der Waals surface area contributed by atoms with Gasteiger partial charge in [0, 0.05) is 18.7 Å². The third-order valence-electron chi connectivity index (χ3n) is 4.63. The van der Waals surface area contributed by atoms with Crippen molar-refractivity contribution < 1.29 is 17.9 Å². The molecule has 0 unspecified atom stereocenters. The monoisotopic (exact) mass is 370 g/mol. The fourth-order valence-corrected chi connectivity index (χ4v) is 4.59. The number of benzene rings is 2. The Morgan fingerprint density at radius 3 is 2.62 bits per heavy atom. The molecule has 0 radical (unpaired) electrons. The lowest BCUT2D eigenvalue weighted by molar-refractivity contribution is -0.140. The van der Waals surface area contributed by atoms with Gasteiger partial charge in [0.1, 0.15) is 10.6 Å². The standard InChI is InChI=1S/C19H18N2O4S/c22-19(25-15-8-2-1-3-9-15)14-7-6-12-21(13-14)18-16-10-4-5-11-17(16)26(23,24)20-18/h1-5,8-11,14H,6-7,12-13H2/t14-/m1/s1. The number of carbonyl (C=O) groups excluding carboxylic acids is 1. The van der Waals surface area contributed by atoms with Crippen molar-refractivity contribution in [3.63, 3.8) is 0 Å². The minimum absolute atomic E-state index is 0.226. The third-order valence-corrected chi connectivity index (χ3v) is 5.95. The van der Waals surface area contributed by atoms with Crippen LogP contribution in [0.4, 0.5) is 0 Å². The van der Waals surface area contributed by atoms with Crippen molar-refractivity contribution in [2.75, 3.05) is 13.1 Å². The Morgan fingerprint density at radius 1 is 1.08 bits per heavy atom. The van der Waals surface area contributed by atoms with Crippen LogP contribution in [0.15, 0.2) is 63.9 Å². The lowest BCUT2D eigenvalue weighted by Crippen LogP contribution is -2.43. The van der Waals surface area contributed by atoms with Gasteiger partial charge in [0.15, 0.2) is 5.84 Å². The van der Waals surface area contributed by atoms with Crippen LogP contribution in [0.2, 0.25) is 0 Å². The van der Waals surface area contributed by atoms with Gasteiger partial charge < -0.3 is 9.64 Å². The molecule has 1 atom stereocenters. The first kappa shape index (κ1) is 16.8. The van der Waals surface area contributed by atoms with Gasteiger partial charge in [-0.25, -0.2) is 0 Å². The zero-order valence-corrected chi connectivity index (χ0v) is 14.9. The molecule has 134 valence electrons. The number of ether oxygens (including phenoxy) is 1. The quantitative estimate of drug-likeness (QED) is 0.600. The summed E-state index contributed by atoms with van der Waals surface area (Å²) in [5, 5.41) is 0. The molecule has 7 heteroatoms. The Kier molecular flexibility index (Phi) is 4.24. The van der Waals surface area contributed by atoms with Crippen molar-refractivity contribution >= 4 is 21.8 Å². The number of fused-ring (bicyclic) bond motifs is 1. The molecule has 0 aromatic heterocycles. The van der Waals surface area contributed by atoms with Gasteiger partial charge in [0.2, 0.25) is 0 Å². The van der Waals surface area contributed by atoms with Gasteiger partial charge in [-0.15, -0.1) is 4.40 Å². The molecule has 6 nitrogen and oxygen atoms in total. The zero-order valence-electron chi connectivity index (χ0n) is 14.0. The summed E-state index contributed by atoms with van der Waals surface area (Å²) in [7, 11) is -3.66. The normalized spacial score (nSPS) is 21.0. The third kappa shape index (κ3) is 3.10. The number of amidine groups is 1. The second-order valence-electron chi connectivity index (χ2n) is 6.41. The largest absolute Gasteiger partial charge is 0.426 e. The van der Waals surface area contributed by atoms with Gasteiger partial charge >= 0.3 is 5.97 Å². The molecule has 0 aliphatic carbocycles. The van der Waals surface area contributed by atoms with Crippen molar-refractivity contribution in [3.05, 3.63) is 60.2 Å². The molecule has 2 aromatic carbocycles. The molecule has 2 aliphatic heterocycles. The Balaban J connectivity index is 1.54. The van der Waals surface area contributed by atoms with Crippen LogP contribution in [0.5, 0.6) is 5.75 Å². The molecular formula is C19H18N2O4S. The van der Waals surface area contributed by atoms with E-state index < -0.39 is 10.0 Å². The van der Waals surface area contributed by atoms with Crippen LogP contribution < -0.4 is 4.74 Å². The van der Waals surface area contributed by atoms with Crippen LogP contribution in [-0.4, -0.2) is 38.2 Å². The molecule has 1 saturated heterocycles. The molecule has 1 fully saturated rings. The number of para-hydroxylation sites is 1. The number of hydrogen-bond acceptors (Lipinski definition) is 5. The van der Waals surface area contributed by atoms with E-state index in [1.54, 1.807) is 36.4 Å². The number of carbonyl (C=O) groups is 1. The lowest BCUT2D eigenvalue weighted by Gasteiger charge is -2.32. The Morgan fingerprint density at radius 2 is 1.81 bits per heavy atom. The highest BCUT2D eigenvalue weighted by Gasteiger charge is 2.35. The van der Waals surface area contributed by atoms with Crippen LogP contribution in [0.25, 0.3) is 0 Å². The van der Waals surface area contributed by atoms with E-state index in [4.69, 9.17) is 4.74 Å². The van der Waals surface area contributed by atoms with Crippen molar-refractivity contribution in [1.82, 2.24) is 4.90 Å². The van der Waals surface area contributed by atoms with Crippen molar-refractivity contribution in [2.24, 2.45) is 10.3 Å². The van der Waals surface area contributed by atoms with Crippen LogP contribution >= 0.6 is 0 Å². The minimum atomic E-state index is -3.66. The van der Waals surface area contributed by atoms with Crippen LogP contribution in [-0.2, 0) is 14.8 Å². The van der Waals surface area contributed by atoms with Crippen molar-refractivity contribution in [2.45, 2.75) is 17.7 Å². The van der Waals surface area contributed by atoms with Crippen LogP contribution in [0.3, 0.4) is 0 Å². The van der Waals surface area contributed by atoms with Crippen LogP contribution in [0.1, 0.15) is 18.4 Å². The summed E-state index contributed by atoms with van der Waals surface area (Å²) in [6.07, 6.45) is 1.49. The highest BCUT2D eigenvalue weighted by atomic mass is 32.2. The van der Waals surface area contributed by atoms with Gasteiger partial charge in [-0.2, -0.15) is 8.42 Å². The molecule has 0 spiro atoms. The number of likely N-dealkylation sites (tertiary alicyclic amines) is 1. The maximum absolute atomic E-state index is 12.5. The van der Waals surface area contributed by atoms with E-state index in [1.807, 2.05) is 23.1 Å². The topological polar surface area (TPSA) is 76.0 Å². The van der Waals surface area contributed by atoms with E-state index in [2.05, 4.69) is 4.40 Å². The average Bonchev–Trinajstić information content (AvgIpc) is 2.94. The van der Waals surface area contributed by atoms with Gasteiger partial charge in [0.25, 0.3) is 10.0 Å². The first-order valence-corrected chi connectivity index (χ1v) is 9.95. The smallest absolute Gasteiger partial charge is 0.316 e. The number of piperidine rings is 1. The second kappa shape index (κ2) is 6.57. The maximum Gasteiger partial charge on any atom is 0.316 e.